The van der Waals surface area contributed by atoms with E-state index in [1.165, 1.54) is 0 Å². The number of hydrogen-bond donors (Lipinski definition) is 1. The van der Waals surface area contributed by atoms with Crippen LogP contribution in [0.3, 0.4) is 0 Å². The molecule has 0 aromatic carbocycles. The summed E-state index contributed by atoms with van der Waals surface area (Å²) in [4.78, 5) is 20.8. The Kier molecular flexibility index (Phi) is 5.00. The number of carboxylic acid groups (broad SMARTS) is 1. The molecule has 0 aliphatic carbocycles. The molecule has 1 rings (SSSR count). The van der Waals surface area contributed by atoms with Crippen LogP contribution in [-0.2, 0) is 9.59 Å². The maximum Gasteiger partial charge on any atom is 0.300 e. The highest BCUT2D eigenvalue weighted by Crippen LogP contribution is 2.04. The van der Waals surface area contributed by atoms with Gasteiger partial charge in [-0.25, -0.2) is 4.79 Å². The molecule has 70 valence electrons. The summed E-state index contributed by atoms with van der Waals surface area (Å²) in [5, 5.41) is 7.42. The van der Waals surface area contributed by atoms with Crippen LogP contribution < -0.4 is 0 Å². The Hall–Kier alpha value is -1.80. The van der Waals surface area contributed by atoms with Crippen LogP contribution in [0.5, 0.6) is 0 Å². The molecule has 1 aliphatic rings. The molecule has 0 unspecified atom stereocenters. The van der Waals surface area contributed by atoms with Crippen molar-refractivity contribution in [2.45, 2.75) is 6.92 Å². The van der Waals surface area contributed by atoms with Gasteiger partial charge in [0.05, 0.1) is 0 Å². The first-order chi connectivity index (χ1) is 6.07. The molecule has 0 atom stereocenters. The average molecular weight is 181 g/mol. The number of allylic oxidation sites excluding steroid dienone is 3. The lowest BCUT2D eigenvalue weighted by Crippen LogP contribution is -2.10. The smallest absolute Gasteiger partial charge is 0.300 e. The highest BCUT2D eigenvalue weighted by molar-refractivity contribution is 5.63. The minimum Gasteiger partial charge on any atom is -0.481 e. The topological polar surface area (TPSA) is 57.6 Å². The largest absolute Gasteiger partial charge is 0.481 e. The molecule has 0 aromatic heterocycles. The first-order valence-electron chi connectivity index (χ1n) is 3.60. The Morgan fingerprint density at radius 2 is 2.08 bits per heavy atom. The van der Waals surface area contributed by atoms with Crippen LogP contribution in [0.15, 0.2) is 30.1 Å². The molecule has 1 N–H and O–H groups in total. The Balaban J connectivity index is 0.000000310. The van der Waals surface area contributed by atoms with E-state index in [-0.39, 0.29) is 0 Å². The van der Waals surface area contributed by atoms with Crippen molar-refractivity contribution in [1.82, 2.24) is 4.90 Å². The maximum absolute atomic E-state index is 10.1. The van der Waals surface area contributed by atoms with Crippen LogP contribution in [0.25, 0.3) is 0 Å². The number of carboxylic acids is 1. The Morgan fingerprint density at radius 1 is 1.54 bits per heavy atom. The highest BCUT2D eigenvalue weighted by atomic mass is 16.4. The van der Waals surface area contributed by atoms with Gasteiger partial charge in [-0.2, -0.15) is 0 Å². The zero-order chi connectivity index (χ0) is 10.3. The van der Waals surface area contributed by atoms with E-state index in [0.29, 0.717) is 5.70 Å². The normalized spacial score (nSPS) is 13.1. The van der Waals surface area contributed by atoms with Gasteiger partial charge in [0, 0.05) is 20.2 Å². The third-order valence-electron chi connectivity index (χ3n) is 1.16. The number of carbonyl (C=O) groups excluding carboxylic acids is 1. The van der Waals surface area contributed by atoms with Crippen molar-refractivity contribution in [1.29, 1.82) is 0 Å². The molecule has 4 nitrogen and oxygen atoms in total. The van der Waals surface area contributed by atoms with Crippen molar-refractivity contribution in [3.8, 4) is 0 Å². The van der Waals surface area contributed by atoms with Crippen LogP contribution in [-0.4, -0.2) is 29.0 Å². The lowest BCUT2D eigenvalue weighted by atomic mass is 10.3. The highest BCUT2D eigenvalue weighted by Gasteiger charge is 1.98. The van der Waals surface area contributed by atoms with E-state index in [9.17, 15) is 4.79 Å². The molecule has 0 radical (unpaired) electrons. The first-order valence-corrected chi connectivity index (χ1v) is 3.60. The SMILES string of the molecule is CC(=O)O.CN1C=CC=CC1=C=O. The molecular formula is C9H11NO3. The van der Waals surface area contributed by atoms with Gasteiger partial charge in [-0.15, -0.1) is 0 Å². The van der Waals surface area contributed by atoms with Gasteiger partial charge in [-0.05, 0) is 12.2 Å². The molecule has 0 bridgehead atoms. The van der Waals surface area contributed by atoms with Gasteiger partial charge in [0.2, 0.25) is 0 Å². The predicted molar refractivity (Wildman–Crippen MR) is 48.6 cm³/mol. The molecule has 0 spiro atoms. The van der Waals surface area contributed by atoms with E-state index in [1.807, 2.05) is 12.0 Å². The summed E-state index contributed by atoms with van der Waals surface area (Å²) in [6.45, 7) is 1.08. The number of hydrogen-bond acceptors (Lipinski definition) is 3. The molecule has 13 heavy (non-hydrogen) atoms. The summed E-state index contributed by atoms with van der Waals surface area (Å²) in [5.74, 6) is 0.975. The summed E-state index contributed by atoms with van der Waals surface area (Å²) in [6, 6.07) is 0. The van der Waals surface area contributed by atoms with Crippen molar-refractivity contribution >= 4 is 11.9 Å². The summed E-state index contributed by atoms with van der Waals surface area (Å²) < 4.78 is 0. The minimum absolute atomic E-state index is 0.567. The van der Waals surface area contributed by atoms with Crippen LogP contribution in [0.1, 0.15) is 6.92 Å². The molecule has 1 aliphatic heterocycles. The van der Waals surface area contributed by atoms with Gasteiger partial charge in [-0.1, -0.05) is 6.08 Å². The molecular weight excluding hydrogens is 170 g/mol. The van der Waals surface area contributed by atoms with Crippen LogP contribution in [0, 0.1) is 0 Å². The summed E-state index contributed by atoms with van der Waals surface area (Å²) in [6.07, 6.45) is 7.19. The lowest BCUT2D eigenvalue weighted by Gasteiger charge is -2.12. The minimum atomic E-state index is -0.833. The molecule has 0 saturated heterocycles. The van der Waals surface area contributed by atoms with Crippen molar-refractivity contribution in [2.75, 3.05) is 7.05 Å². The van der Waals surface area contributed by atoms with E-state index < -0.39 is 5.97 Å². The van der Waals surface area contributed by atoms with E-state index in [1.54, 1.807) is 30.3 Å². The second kappa shape index (κ2) is 5.80. The Labute approximate surface area is 76.5 Å². The van der Waals surface area contributed by atoms with Crippen molar-refractivity contribution < 1.29 is 14.7 Å². The Bertz CT molecular complexity index is 281. The van der Waals surface area contributed by atoms with Crippen LogP contribution in [0.2, 0.25) is 0 Å². The van der Waals surface area contributed by atoms with Gasteiger partial charge in [0.25, 0.3) is 5.97 Å². The molecule has 0 saturated carbocycles. The first kappa shape index (κ1) is 11.2. The van der Waals surface area contributed by atoms with Gasteiger partial charge >= 0.3 is 0 Å². The quantitative estimate of drug-likeness (QED) is 0.562. The number of nitrogens with zero attached hydrogens (tertiary/aromatic N) is 1. The van der Waals surface area contributed by atoms with Crippen LogP contribution in [0.4, 0.5) is 0 Å². The van der Waals surface area contributed by atoms with E-state index in [4.69, 9.17) is 9.90 Å². The molecule has 0 aromatic rings. The fraction of sp³-hybridized carbons (Fsp3) is 0.222. The third-order valence-corrected chi connectivity index (χ3v) is 1.16. The number of carbonyl (C=O) groups is 1. The summed E-state index contributed by atoms with van der Waals surface area (Å²) in [7, 11) is 1.81. The molecule has 1 heterocycles. The monoisotopic (exact) mass is 181 g/mol. The lowest BCUT2D eigenvalue weighted by molar-refractivity contribution is -0.134. The van der Waals surface area contributed by atoms with Crippen LogP contribution >= 0.6 is 0 Å². The number of rotatable bonds is 0. The number of aliphatic carboxylic acids is 1. The van der Waals surface area contributed by atoms with Crippen molar-refractivity contribution in [3.05, 3.63) is 30.1 Å². The zero-order valence-electron chi connectivity index (χ0n) is 7.52. The predicted octanol–water partition coefficient (Wildman–Crippen LogP) is 0.808. The number of likely N-dealkylation sites (N-methyl/N-ethyl adjacent to an activating group) is 1. The van der Waals surface area contributed by atoms with E-state index >= 15 is 0 Å². The fourth-order valence-corrected chi connectivity index (χ4v) is 0.629. The van der Waals surface area contributed by atoms with Gasteiger partial charge < -0.3 is 10.0 Å². The molecule has 0 amide bonds. The second-order valence-corrected chi connectivity index (χ2v) is 2.32. The van der Waals surface area contributed by atoms with E-state index in [2.05, 4.69) is 0 Å². The second-order valence-electron chi connectivity index (χ2n) is 2.32. The fourth-order valence-electron chi connectivity index (χ4n) is 0.629. The van der Waals surface area contributed by atoms with Gasteiger partial charge in [0.15, 0.2) is 5.94 Å². The Morgan fingerprint density at radius 3 is 2.38 bits per heavy atom. The molecule has 0 fully saturated rings. The third kappa shape index (κ3) is 5.47. The van der Waals surface area contributed by atoms with Crippen molar-refractivity contribution in [3.63, 3.8) is 0 Å². The summed E-state index contributed by atoms with van der Waals surface area (Å²) in [5.41, 5.74) is 0.567. The molecule has 4 heteroatoms. The summed E-state index contributed by atoms with van der Waals surface area (Å²) >= 11 is 0. The maximum atomic E-state index is 10.1. The average Bonchev–Trinajstić information content (AvgIpc) is 2.04. The standard InChI is InChI=1S/C7H7NO.C2H4O2/c1-8-5-3-2-4-7(8)6-9;1-2(3)4/h2-5H,1H3;1H3,(H,3,4). The van der Waals surface area contributed by atoms with Gasteiger partial charge in [0.1, 0.15) is 5.70 Å². The zero-order valence-corrected chi connectivity index (χ0v) is 7.52. The van der Waals surface area contributed by atoms with Crippen molar-refractivity contribution in [2.24, 2.45) is 0 Å². The van der Waals surface area contributed by atoms with E-state index in [0.717, 1.165) is 6.92 Å². The van der Waals surface area contributed by atoms with Gasteiger partial charge in [-0.3, -0.25) is 4.79 Å².